The molecule has 2 fully saturated rings. The quantitative estimate of drug-likeness (QED) is 0.808. The highest BCUT2D eigenvalue weighted by molar-refractivity contribution is 7.09. The van der Waals surface area contributed by atoms with Crippen LogP contribution in [-0.4, -0.2) is 73.4 Å². The van der Waals surface area contributed by atoms with Crippen LogP contribution in [0, 0.1) is 17.8 Å². The summed E-state index contributed by atoms with van der Waals surface area (Å²) < 4.78 is 37.5. The Hall–Kier alpha value is -1.65. The van der Waals surface area contributed by atoms with Crippen molar-refractivity contribution in [3.8, 4) is 0 Å². The molecule has 2 aliphatic rings. The van der Waals surface area contributed by atoms with Crippen LogP contribution in [0.4, 0.5) is 13.2 Å². The Balaban J connectivity index is 0.000000345. The van der Waals surface area contributed by atoms with E-state index >= 15 is 0 Å². The lowest BCUT2D eigenvalue weighted by Gasteiger charge is -2.33. The number of nitrogens with zero attached hydrogens (tertiary/aromatic N) is 2. The van der Waals surface area contributed by atoms with Crippen LogP contribution in [0.5, 0.6) is 0 Å². The van der Waals surface area contributed by atoms with E-state index in [0.717, 1.165) is 32.8 Å². The zero-order valence-electron chi connectivity index (χ0n) is 15.8. The van der Waals surface area contributed by atoms with Crippen LogP contribution in [0.25, 0.3) is 0 Å². The Morgan fingerprint density at radius 3 is 2.54 bits per heavy atom. The number of thiophene rings is 1. The van der Waals surface area contributed by atoms with Crippen molar-refractivity contribution in [3.05, 3.63) is 22.4 Å². The molecule has 1 aromatic rings. The third-order valence-corrected chi connectivity index (χ3v) is 5.84. The molecular weight excluding hydrogens is 397 g/mol. The Labute approximate surface area is 165 Å². The minimum atomic E-state index is -5.08. The number of amides is 1. The lowest BCUT2D eigenvalue weighted by molar-refractivity contribution is -0.192. The topological polar surface area (TPSA) is 70.1 Å². The van der Waals surface area contributed by atoms with E-state index in [1.54, 1.807) is 4.90 Å². The normalized spacial score (nSPS) is 24.8. The van der Waals surface area contributed by atoms with Crippen molar-refractivity contribution in [1.29, 1.82) is 0 Å². The Bertz CT molecular complexity index is 652. The van der Waals surface area contributed by atoms with E-state index in [1.165, 1.54) is 4.88 Å². The largest absolute Gasteiger partial charge is 0.490 e. The Kier molecular flexibility index (Phi) is 7.85. The average Bonchev–Trinajstić information content (AvgIpc) is 3.24. The van der Waals surface area contributed by atoms with Crippen LogP contribution >= 0.6 is 11.3 Å². The highest BCUT2D eigenvalue weighted by atomic mass is 32.1. The summed E-state index contributed by atoms with van der Waals surface area (Å²) >= 11 is 1.82. The fraction of sp³-hybridized carbons (Fsp3) is 0.667. The van der Waals surface area contributed by atoms with Crippen LogP contribution in [0.3, 0.4) is 0 Å². The van der Waals surface area contributed by atoms with E-state index in [9.17, 15) is 18.0 Å². The number of carboxylic acids is 1. The summed E-state index contributed by atoms with van der Waals surface area (Å²) in [5.74, 6) is -0.943. The van der Waals surface area contributed by atoms with Crippen molar-refractivity contribution < 1.29 is 32.6 Å². The number of fused-ring (bicyclic) bond motifs is 1. The number of halogens is 3. The molecule has 3 heterocycles. The molecule has 3 atom stereocenters. The molecule has 0 spiro atoms. The molecule has 0 bridgehead atoms. The SMILES string of the molecule is CN(C)C(=O)C[C@@H]1COC[C@H]2CN(Cc3cccs3)C[C@@H]12.O=C(O)C(F)(F)F. The van der Waals surface area contributed by atoms with Gasteiger partial charge in [0.15, 0.2) is 0 Å². The van der Waals surface area contributed by atoms with E-state index < -0.39 is 12.1 Å². The number of carbonyl (C=O) groups excluding carboxylic acids is 1. The molecule has 10 heteroatoms. The van der Waals surface area contributed by atoms with Crippen molar-refractivity contribution in [2.75, 3.05) is 40.4 Å². The predicted molar refractivity (Wildman–Crippen MR) is 97.9 cm³/mol. The van der Waals surface area contributed by atoms with Gasteiger partial charge in [0, 0.05) is 45.0 Å². The summed E-state index contributed by atoms with van der Waals surface area (Å²) in [5.41, 5.74) is 0. The average molecular weight is 422 g/mol. The molecule has 1 N–H and O–H groups in total. The maximum atomic E-state index is 12.0. The number of alkyl halides is 3. The van der Waals surface area contributed by atoms with Gasteiger partial charge in [-0.1, -0.05) is 6.07 Å². The van der Waals surface area contributed by atoms with Crippen molar-refractivity contribution in [3.63, 3.8) is 0 Å². The fourth-order valence-corrected chi connectivity index (χ4v) is 4.31. The molecule has 28 heavy (non-hydrogen) atoms. The van der Waals surface area contributed by atoms with Gasteiger partial charge in [-0.25, -0.2) is 4.79 Å². The second-order valence-corrected chi connectivity index (χ2v) is 8.32. The van der Waals surface area contributed by atoms with Gasteiger partial charge < -0.3 is 14.7 Å². The monoisotopic (exact) mass is 422 g/mol. The van der Waals surface area contributed by atoms with Crippen LogP contribution in [0.2, 0.25) is 0 Å². The Morgan fingerprint density at radius 1 is 1.32 bits per heavy atom. The number of rotatable bonds is 4. The van der Waals surface area contributed by atoms with Crippen molar-refractivity contribution >= 4 is 23.2 Å². The molecule has 1 aromatic heterocycles. The molecular formula is C18H25F3N2O4S. The first-order chi connectivity index (χ1) is 13.1. The zero-order valence-corrected chi connectivity index (χ0v) is 16.6. The third-order valence-electron chi connectivity index (χ3n) is 4.97. The molecule has 1 amide bonds. The van der Waals surface area contributed by atoms with E-state index in [0.29, 0.717) is 24.2 Å². The number of carboxylic acid groups (broad SMARTS) is 1. The summed E-state index contributed by atoms with van der Waals surface area (Å²) in [6.45, 7) is 4.86. The molecule has 0 radical (unpaired) electrons. The van der Waals surface area contributed by atoms with Gasteiger partial charge in [0.2, 0.25) is 5.91 Å². The van der Waals surface area contributed by atoms with E-state index in [4.69, 9.17) is 14.6 Å². The number of likely N-dealkylation sites (tertiary alicyclic amines) is 1. The first kappa shape index (κ1) is 22.6. The predicted octanol–water partition coefficient (Wildman–Crippen LogP) is 2.55. The van der Waals surface area contributed by atoms with Gasteiger partial charge in [-0.3, -0.25) is 9.69 Å². The molecule has 0 saturated carbocycles. The van der Waals surface area contributed by atoms with Gasteiger partial charge in [0.1, 0.15) is 0 Å². The first-order valence-corrected chi connectivity index (χ1v) is 9.78. The van der Waals surface area contributed by atoms with Crippen LogP contribution in [0.1, 0.15) is 11.3 Å². The summed E-state index contributed by atoms with van der Waals surface area (Å²) in [6.07, 6.45) is -4.46. The molecule has 0 aromatic carbocycles. The number of hydrogen-bond donors (Lipinski definition) is 1. The summed E-state index contributed by atoms with van der Waals surface area (Å²) in [7, 11) is 3.67. The minimum absolute atomic E-state index is 0.223. The highest BCUT2D eigenvalue weighted by Crippen LogP contribution is 2.36. The fourth-order valence-electron chi connectivity index (χ4n) is 3.56. The smallest absolute Gasteiger partial charge is 0.475 e. The standard InChI is InChI=1S/C16H24N2O2S.C2HF3O2/c1-17(2)16(19)6-12-10-20-11-13-7-18(9-15(12)13)8-14-4-3-5-21-14;3-2(4,5)1(6)7/h3-5,12-13,15H,6-11H2,1-2H3;(H,6,7)/t12-,13-,15+;/m1./s1. The molecule has 6 nitrogen and oxygen atoms in total. The molecule has 158 valence electrons. The Morgan fingerprint density at radius 2 is 2.00 bits per heavy atom. The van der Waals surface area contributed by atoms with Gasteiger partial charge in [0.25, 0.3) is 0 Å². The van der Waals surface area contributed by atoms with Crippen LogP contribution in [-0.2, 0) is 20.9 Å². The third kappa shape index (κ3) is 6.46. The summed E-state index contributed by atoms with van der Waals surface area (Å²) in [6, 6.07) is 4.32. The van der Waals surface area contributed by atoms with Crippen molar-refractivity contribution in [2.45, 2.75) is 19.1 Å². The van der Waals surface area contributed by atoms with E-state index in [1.807, 2.05) is 25.4 Å². The number of ether oxygens (including phenoxy) is 1. The van der Waals surface area contributed by atoms with Crippen LogP contribution in [0.15, 0.2) is 17.5 Å². The van der Waals surface area contributed by atoms with Crippen LogP contribution < -0.4 is 0 Å². The van der Waals surface area contributed by atoms with E-state index in [2.05, 4.69) is 22.4 Å². The molecule has 0 aliphatic carbocycles. The maximum absolute atomic E-state index is 12.0. The van der Waals surface area contributed by atoms with Crippen molar-refractivity contribution in [1.82, 2.24) is 9.80 Å². The van der Waals surface area contributed by atoms with Crippen molar-refractivity contribution in [2.24, 2.45) is 17.8 Å². The molecule has 2 aliphatic heterocycles. The minimum Gasteiger partial charge on any atom is -0.475 e. The lowest BCUT2D eigenvalue weighted by Crippen LogP contribution is -2.38. The van der Waals surface area contributed by atoms with Gasteiger partial charge in [-0.2, -0.15) is 13.2 Å². The second kappa shape index (κ2) is 9.71. The van der Waals surface area contributed by atoms with Gasteiger partial charge >= 0.3 is 12.1 Å². The molecule has 2 saturated heterocycles. The summed E-state index contributed by atoms with van der Waals surface area (Å²) in [5, 5.41) is 9.26. The highest BCUT2D eigenvalue weighted by Gasteiger charge is 2.41. The van der Waals surface area contributed by atoms with E-state index in [-0.39, 0.29) is 5.91 Å². The zero-order chi connectivity index (χ0) is 20.9. The second-order valence-electron chi connectivity index (χ2n) is 7.29. The lowest BCUT2D eigenvalue weighted by atomic mass is 9.81. The summed E-state index contributed by atoms with van der Waals surface area (Å²) in [4.78, 5) is 26.5. The molecule has 0 unspecified atom stereocenters. The molecule has 3 rings (SSSR count). The first-order valence-electron chi connectivity index (χ1n) is 8.90. The number of aliphatic carboxylic acids is 1. The van der Waals surface area contributed by atoms with Gasteiger partial charge in [0.05, 0.1) is 13.2 Å². The number of hydrogen-bond acceptors (Lipinski definition) is 5. The van der Waals surface area contributed by atoms with Gasteiger partial charge in [-0.15, -0.1) is 11.3 Å². The maximum Gasteiger partial charge on any atom is 0.490 e. The van der Waals surface area contributed by atoms with Gasteiger partial charge in [-0.05, 0) is 29.2 Å². The number of carbonyl (C=O) groups is 2.